The molecule has 1 saturated heterocycles. The molecule has 2 aliphatic rings. The Kier molecular flexibility index (Phi) is 4.33. The van der Waals surface area contributed by atoms with Crippen LogP contribution in [0.1, 0.15) is 18.9 Å². The van der Waals surface area contributed by atoms with E-state index in [1.165, 1.54) is 6.26 Å². The van der Waals surface area contributed by atoms with Gasteiger partial charge < -0.3 is 14.6 Å². The Morgan fingerprint density at radius 1 is 1.20 bits per heavy atom. The average Bonchev–Trinajstić information content (AvgIpc) is 3.14. The van der Waals surface area contributed by atoms with Crippen LogP contribution in [0.5, 0.6) is 0 Å². The van der Waals surface area contributed by atoms with E-state index in [0.29, 0.717) is 18.4 Å². The van der Waals surface area contributed by atoms with Crippen LogP contribution in [0, 0.1) is 11.8 Å². The van der Waals surface area contributed by atoms with Gasteiger partial charge in [-0.2, -0.15) is 0 Å². The van der Waals surface area contributed by atoms with Gasteiger partial charge in [0.15, 0.2) is 0 Å². The van der Waals surface area contributed by atoms with E-state index in [1.807, 2.05) is 30.6 Å². The lowest BCUT2D eigenvalue weighted by atomic mass is 9.77. The summed E-state index contributed by atoms with van der Waals surface area (Å²) in [5, 5.41) is 10.7. The molecule has 1 N–H and O–H groups in total. The Bertz CT molecular complexity index is 863. The molecule has 1 aliphatic heterocycles. The maximum absolute atomic E-state index is 11.4. The van der Waals surface area contributed by atoms with Crippen molar-refractivity contribution in [2.45, 2.75) is 25.0 Å². The Morgan fingerprint density at radius 2 is 1.92 bits per heavy atom. The van der Waals surface area contributed by atoms with Crippen LogP contribution >= 0.6 is 0 Å². The minimum absolute atomic E-state index is 0.0449. The first-order chi connectivity index (χ1) is 11.9. The summed E-state index contributed by atoms with van der Waals surface area (Å²) in [6.07, 6.45) is 4.45. The smallest absolute Gasteiger partial charge is 0.148 e. The molecule has 1 aromatic carbocycles. The molecular weight excluding hydrogens is 338 g/mol. The number of hydrogen-bond acceptors (Lipinski definition) is 5. The number of nitrogens with zero attached hydrogens (tertiary/aromatic N) is 3. The van der Waals surface area contributed by atoms with E-state index in [0.717, 1.165) is 37.0 Å². The van der Waals surface area contributed by atoms with Crippen molar-refractivity contribution in [1.82, 2.24) is 14.5 Å². The predicted octanol–water partition coefficient (Wildman–Crippen LogP) is 1.32. The van der Waals surface area contributed by atoms with Gasteiger partial charge in [-0.3, -0.25) is 0 Å². The van der Waals surface area contributed by atoms with Crippen molar-refractivity contribution in [2.24, 2.45) is 11.8 Å². The largest absolute Gasteiger partial charge is 0.391 e. The minimum Gasteiger partial charge on any atom is -0.391 e. The van der Waals surface area contributed by atoms with E-state index < -0.39 is 9.84 Å². The van der Waals surface area contributed by atoms with Gasteiger partial charge in [0.2, 0.25) is 0 Å². The van der Waals surface area contributed by atoms with E-state index in [4.69, 9.17) is 0 Å². The van der Waals surface area contributed by atoms with E-state index in [1.54, 1.807) is 0 Å². The highest BCUT2D eigenvalue weighted by Crippen LogP contribution is 2.42. The van der Waals surface area contributed by atoms with Gasteiger partial charge in [0.1, 0.15) is 9.84 Å². The maximum Gasteiger partial charge on any atom is 0.148 e. The van der Waals surface area contributed by atoms with Crippen LogP contribution in [0.3, 0.4) is 0 Å². The zero-order valence-corrected chi connectivity index (χ0v) is 15.3. The second-order valence-electron chi connectivity index (χ2n) is 7.66. The van der Waals surface area contributed by atoms with Crippen molar-refractivity contribution in [3.63, 3.8) is 0 Å². The summed E-state index contributed by atoms with van der Waals surface area (Å²) in [6.45, 7) is 2.42. The molecule has 0 unspecified atom stereocenters. The lowest BCUT2D eigenvalue weighted by Crippen LogP contribution is -2.36. The van der Waals surface area contributed by atoms with Gasteiger partial charge in [0, 0.05) is 25.9 Å². The molecule has 4 rings (SSSR count). The maximum atomic E-state index is 11.4. The number of likely N-dealkylation sites (tertiary alicyclic amines) is 1. The molecule has 25 heavy (non-hydrogen) atoms. The average molecular weight is 363 g/mol. The summed E-state index contributed by atoms with van der Waals surface area (Å²) in [6, 6.07) is 8.06. The van der Waals surface area contributed by atoms with Crippen molar-refractivity contribution < 1.29 is 13.5 Å². The Morgan fingerprint density at radius 3 is 2.68 bits per heavy atom. The lowest BCUT2D eigenvalue weighted by Gasteiger charge is -2.36. The van der Waals surface area contributed by atoms with Gasteiger partial charge in [-0.25, -0.2) is 13.4 Å². The molecule has 7 heteroatoms. The van der Waals surface area contributed by atoms with Crippen molar-refractivity contribution in [3.05, 3.63) is 30.6 Å². The first-order valence-corrected chi connectivity index (χ1v) is 11.0. The molecule has 1 aliphatic carbocycles. The molecule has 0 bridgehead atoms. The van der Waals surface area contributed by atoms with Crippen LogP contribution in [0.2, 0.25) is 0 Å². The van der Waals surface area contributed by atoms with Gasteiger partial charge in [0.05, 0.1) is 35.3 Å². The molecule has 136 valence electrons. The number of aliphatic hydroxyl groups is 1. The monoisotopic (exact) mass is 363 g/mol. The summed E-state index contributed by atoms with van der Waals surface area (Å²) in [7, 11) is -2.93. The lowest BCUT2D eigenvalue weighted by molar-refractivity contribution is 0.0374. The fraction of sp³-hybridized carbons (Fsp3) is 0.611. The minimum atomic E-state index is -2.93. The van der Waals surface area contributed by atoms with Gasteiger partial charge in [-0.1, -0.05) is 12.1 Å². The highest BCUT2D eigenvalue weighted by Gasteiger charge is 2.42. The predicted molar refractivity (Wildman–Crippen MR) is 97.1 cm³/mol. The van der Waals surface area contributed by atoms with Gasteiger partial charge in [-0.05, 0) is 36.8 Å². The van der Waals surface area contributed by atoms with Crippen LogP contribution in [0.25, 0.3) is 11.0 Å². The number of rotatable bonds is 4. The third-order valence-electron chi connectivity index (χ3n) is 5.80. The van der Waals surface area contributed by atoms with E-state index >= 15 is 0 Å². The Labute approximate surface area is 148 Å². The number of para-hydroxylation sites is 2. The highest BCUT2D eigenvalue weighted by molar-refractivity contribution is 7.90. The normalized spacial score (nSPS) is 30.6. The molecule has 1 saturated carbocycles. The topological polar surface area (TPSA) is 75.4 Å². The number of hydrogen-bond donors (Lipinski definition) is 1. The fourth-order valence-corrected chi connectivity index (χ4v) is 5.11. The zero-order valence-electron chi connectivity index (χ0n) is 14.5. The van der Waals surface area contributed by atoms with Gasteiger partial charge in [-0.15, -0.1) is 0 Å². The number of aromatic nitrogens is 2. The van der Waals surface area contributed by atoms with E-state index in [2.05, 4.69) is 14.5 Å². The van der Waals surface area contributed by atoms with Crippen molar-refractivity contribution in [3.8, 4) is 0 Å². The van der Waals surface area contributed by atoms with Crippen molar-refractivity contribution in [1.29, 1.82) is 0 Å². The molecule has 0 radical (unpaired) electrons. The number of benzene rings is 1. The standard InChI is InChI=1S/C18H25N3O3S/c1-25(23,24)7-6-20-10-13-8-17(18(22)9-14(13)11-20)21-12-19-15-4-2-3-5-16(15)21/h2-5,12-14,17-18,22H,6-11H2,1H3/t13-,14+,17-,18-/m1/s1. The summed E-state index contributed by atoms with van der Waals surface area (Å²) in [5.41, 5.74) is 2.02. The SMILES string of the molecule is CS(=O)(=O)CCN1C[C@H]2C[C@@H](n3cnc4ccccc43)[C@H](O)C[C@H]2C1. The molecule has 2 aromatic rings. The second-order valence-corrected chi connectivity index (χ2v) is 9.92. The number of sulfone groups is 1. The highest BCUT2D eigenvalue weighted by atomic mass is 32.2. The molecule has 1 aromatic heterocycles. The third kappa shape index (κ3) is 3.45. The third-order valence-corrected chi connectivity index (χ3v) is 6.73. The molecule has 4 atom stereocenters. The van der Waals surface area contributed by atoms with Crippen LogP contribution in [-0.2, 0) is 9.84 Å². The first kappa shape index (κ1) is 17.0. The van der Waals surface area contributed by atoms with Gasteiger partial charge >= 0.3 is 0 Å². The second kappa shape index (κ2) is 6.37. The molecule has 0 amide bonds. The number of fused-ring (bicyclic) bond motifs is 2. The van der Waals surface area contributed by atoms with Crippen LogP contribution in [-0.4, -0.2) is 65.7 Å². The first-order valence-electron chi connectivity index (χ1n) is 8.90. The molecular formula is C18H25N3O3S. The summed E-state index contributed by atoms with van der Waals surface area (Å²) >= 11 is 0. The molecule has 2 heterocycles. The number of imidazole rings is 1. The number of aliphatic hydroxyl groups excluding tert-OH is 1. The van der Waals surface area contributed by atoms with E-state index in [-0.39, 0.29) is 17.9 Å². The van der Waals surface area contributed by atoms with Crippen molar-refractivity contribution in [2.75, 3.05) is 31.6 Å². The van der Waals surface area contributed by atoms with Crippen LogP contribution in [0.15, 0.2) is 30.6 Å². The summed E-state index contributed by atoms with van der Waals surface area (Å²) in [4.78, 5) is 6.71. The zero-order chi connectivity index (χ0) is 17.6. The summed E-state index contributed by atoms with van der Waals surface area (Å²) < 4.78 is 24.9. The molecule has 6 nitrogen and oxygen atoms in total. The Balaban J connectivity index is 1.49. The van der Waals surface area contributed by atoms with E-state index in [9.17, 15) is 13.5 Å². The Hall–Kier alpha value is -1.44. The quantitative estimate of drug-likeness (QED) is 0.887. The molecule has 0 spiro atoms. The van der Waals surface area contributed by atoms with Crippen molar-refractivity contribution >= 4 is 20.9 Å². The fourth-order valence-electron chi connectivity index (χ4n) is 4.52. The molecule has 2 fully saturated rings. The summed E-state index contributed by atoms with van der Waals surface area (Å²) in [5.74, 6) is 1.18. The van der Waals surface area contributed by atoms with Crippen LogP contribution < -0.4 is 0 Å². The van der Waals surface area contributed by atoms with Gasteiger partial charge in [0.25, 0.3) is 0 Å². The van der Waals surface area contributed by atoms with Crippen LogP contribution in [0.4, 0.5) is 0 Å².